The summed E-state index contributed by atoms with van der Waals surface area (Å²) in [5.74, 6) is 1.31. The number of carbonyl (C=O) groups excluding carboxylic acids is 1. The van der Waals surface area contributed by atoms with Gasteiger partial charge in [-0.25, -0.2) is 4.98 Å². The third-order valence-corrected chi connectivity index (χ3v) is 3.36. The zero-order valence-electron chi connectivity index (χ0n) is 12.7. The first-order chi connectivity index (χ1) is 10.5. The molecule has 0 unspecified atom stereocenters. The number of hydrogen-bond acceptors (Lipinski definition) is 3. The zero-order chi connectivity index (χ0) is 15.9. The highest BCUT2D eigenvalue weighted by molar-refractivity contribution is 6.30. The zero-order valence-corrected chi connectivity index (χ0v) is 13.5. The second kappa shape index (κ2) is 7.80. The topological polar surface area (TPSA) is 51.2 Å². The Balaban J connectivity index is 1.72. The minimum Gasteiger partial charge on any atom is -0.493 e. The number of hydrogen-bond donors (Lipinski definition) is 1. The Hall–Kier alpha value is -2.07. The van der Waals surface area contributed by atoms with Crippen LogP contribution >= 0.6 is 11.6 Å². The van der Waals surface area contributed by atoms with Gasteiger partial charge in [0.2, 0.25) is 5.91 Å². The molecule has 0 fully saturated rings. The van der Waals surface area contributed by atoms with Crippen molar-refractivity contribution in [3.05, 3.63) is 52.7 Å². The molecule has 1 heterocycles. The normalized spacial score (nSPS) is 10.3. The number of anilines is 1. The number of carbonyl (C=O) groups is 1. The predicted octanol–water partition coefficient (Wildman–Crippen LogP) is 4.15. The Kier molecular flexibility index (Phi) is 5.78. The average molecular weight is 319 g/mol. The van der Waals surface area contributed by atoms with Crippen molar-refractivity contribution in [1.82, 2.24) is 4.98 Å². The molecule has 1 N–H and O–H groups in total. The minimum atomic E-state index is -0.0622. The van der Waals surface area contributed by atoms with Crippen molar-refractivity contribution < 1.29 is 9.53 Å². The molecule has 1 aromatic heterocycles. The molecule has 0 radical (unpaired) electrons. The summed E-state index contributed by atoms with van der Waals surface area (Å²) in [5.41, 5.74) is 2.05. The van der Waals surface area contributed by atoms with E-state index < -0.39 is 0 Å². The quantitative estimate of drug-likeness (QED) is 0.814. The van der Waals surface area contributed by atoms with Gasteiger partial charge in [0, 0.05) is 17.6 Å². The number of pyridine rings is 1. The lowest BCUT2D eigenvalue weighted by Crippen LogP contribution is -2.13. The molecule has 2 rings (SSSR count). The van der Waals surface area contributed by atoms with Crippen LogP contribution in [0.2, 0.25) is 5.02 Å². The van der Waals surface area contributed by atoms with Crippen LogP contribution in [0.1, 0.15) is 24.0 Å². The second-order valence-corrected chi connectivity index (χ2v) is 5.57. The smallest absolute Gasteiger partial charge is 0.225 e. The summed E-state index contributed by atoms with van der Waals surface area (Å²) in [4.78, 5) is 15.9. The van der Waals surface area contributed by atoms with Crippen LogP contribution in [0, 0.1) is 13.8 Å². The molecule has 0 aliphatic heterocycles. The van der Waals surface area contributed by atoms with Crippen molar-refractivity contribution in [3.63, 3.8) is 0 Å². The van der Waals surface area contributed by atoms with Gasteiger partial charge in [-0.2, -0.15) is 0 Å². The average Bonchev–Trinajstić information content (AvgIpc) is 2.48. The molecular weight excluding hydrogens is 300 g/mol. The van der Waals surface area contributed by atoms with E-state index in [9.17, 15) is 4.79 Å². The number of ether oxygens (including phenoxy) is 1. The molecule has 2 aromatic rings. The summed E-state index contributed by atoms with van der Waals surface area (Å²) in [6, 6.07) is 9.19. The van der Waals surface area contributed by atoms with E-state index in [-0.39, 0.29) is 5.91 Å². The van der Waals surface area contributed by atoms with Crippen molar-refractivity contribution >= 4 is 23.3 Å². The number of nitrogens with zero attached hydrogens (tertiary/aromatic N) is 1. The highest BCUT2D eigenvalue weighted by Crippen LogP contribution is 2.21. The summed E-state index contributed by atoms with van der Waals surface area (Å²) >= 11 is 5.89. The van der Waals surface area contributed by atoms with Gasteiger partial charge in [-0.1, -0.05) is 17.7 Å². The van der Waals surface area contributed by atoms with E-state index >= 15 is 0 Å². The number of amides is 1. The molecule has 0 aliphatic carbocycles. The van der Waals surface area contributed by atoms with Gasteiger partial charge in [0.1, 0.15) is 11.6 Å². The van der Waals surface area contributed by atoms with Crippen molar-refractivity contribution in [1.29, 1.82) is 0 Å². The monoisotopic (exact) mass is 318 g/mol. The molecule has 4 nitrogen and oxygen atoms in total. The summed E-state index contributed by atoms with van der Waals surface area (Å²) in [7, 11) is 0. The van der Waals surface area contributed by atoms with Crippen LogP contribution in [0.4, 0.5) is 5.82 Å². The summed E-state index contributed by atoms with van der Waals surface area (Å²) in [6.45, 7) is 4.38. The van der Waals surface area contributed by atoms with Crippen LogP contribution < -0.4 is 10.1 Å². The lowest BCUT2D eigenvalue weighted by Gasteiger charge is -2.09. The van der Waals surface area contributed by atoms with Gasteiger partial charge in [0.15, 0.2) is 0 Å². The van der Waals surface area contributed by atoms with E-state index in [1.54, 1.807) is 18.3 Å². The maximum Gasteiger partial charge on any atom is 0.225 e. The van der Waals surface area contributed by atoms with E-state index in [0.29, 0.717) is 30.3 Å². The van der Waals surface area contributed by atoms with Gasteiger partial charge in [-0.3, -0.25) is 4.79 Å². The van der Waals surface area contributed by atoms with Gasteiger partial charge in [0.25, 0.3) is 0 Å². The number of benzene rings is 1. The molecule has 0 atom stereocenters. The van der Waals surface area contributed by atoms with E-state index in [0.717, 1.165) is 16.9 Å². The van der Waals surface area contributed by atoms with Crippen molar-refractivity contribution in [3.8, 4) is 5.75 Å². The first kappa shape index (κ1) is 16.3. The van der Waals surface area contributed by atoms with Crippen LogP contribution in [0.3, 0.4) is 0 Å². The third kappa shape index (κ3) is 5.04. The lowest BCUT2D eigenvalue weighted by atomic mass is 10.2. The number of aryl methyl sites for hydroxylation is 2. The number of rotatable bonds is 6. The molecule has 5 heteroatoms. The standard InChI is InChI=1S/C17H19ClN2O2/c1-12-5-8-16(19-11-12)20-17(21)4-3-9-22-15-7-6-14(18)10-13(15)2/h5-8,10-11H,3-4,9H2,1-2H3,(H,19,20,21). The maximum atomic E-state index is 11.8. The number of halogens is 1. The summed E-state index contributed by atoms with van der Waals surface area (Å²) < 4.78 is 5.65. The Bertz CT molecular complexity index is 642. The summed E-state index contributed by atoms with van der Waals surface area (Å²) in [6.07, 6.45) is 2.75. The molecule has 0 saturated carbocycles. The van der Waals surface area contributed by atoms with Crippen LogP contribution in [-0.2, 0) is 4.79 Å². The van der Waals surface area contributed by atoms with Crippen molar-refractivity contribution in [2.24, 2.45) is 0 Å². The fourth-order valence-electron chi connectivity index (χ4n) is 1.94. The number of aromatic nitrogens is 1. The molecule has 0 saturated heterocycles. The first-order valence-corrected chi connectivity index (χ1v) is 7.54. The largest absolute Gasteiger partial charge is 0.493 e. The van der Waals surface area contributed by atoms with Gasteiger partial charge < -0.3 is 10.1 Å². The van der Waals surface area contributed by atoms with E-state index in [1.165, 1.54) is 0 Å². The Morgan fingerprint density at radius 2 is 2.09 bits per heavy atom. The van der Waals surface area contributed by atoms with E-state index in [2.05, 4.69) is 10.3 Å². The minimum absolute atomic E-state index is 0.0622. The fraction of sp³-hybridized carbons (Fsp3) is 0.294. The molecule has 0 bridgehead atoms. The highest BCUT2D eigenvalue weighted by Gasteiger charge is 2.04. The van der Waals surface area contributed by atoms with Crippen LogP contribution in [-0.4, -0.2) is 17.5 Å². The molecule has 22 heavy (non-hydrogen) atoms. The van der Waals surface area contributed by atoms with Crippen molar-refractivity contribution in [2.75, 3.05) is 11.9 Å². The van der Waals surface area contributed by atoms with Crippen LogP contribution in [0.5, 0.6) is 5.75 Å². The molecule has 0 spiro atoms. The molecule has 1 amide bonds. The van der Waals surface area contributed by atoms with Gasteiger partial charge in [-0.05, 0) is 55.7 Å². The van der Waals surface area contributed by atoms with Gasteiger partial charge in [-0.15, -0.1) is 0 Å². The number of nitrogens with one attached hydrogen (secondary N) is 1. The lowest BCUT2D eigenvalue weighted by molar-refractivity contribution is -0.116. The Morgan fingerprint density at radius 3 is 2.77 bits per heavy atom. The molecule has 0 aliphatic rings. The fourth-order valence-corrected chi connectivity index (χ4v) is 2.16. The van der Waals surface area contributed by atoms with Crippen molar-refractivity contribution in [2.45, 2.75) is 26.7 Å². The summed E-state index contributed by atoms with van der Waals surface area (Å²) in [5, 5.41) is 3.45. The van der Waals surface area contributed by atoms with Crippen LogP contribution in [0.15, 0.2) is 36.5 Å². The third-order valence-electron chi connectivity index (χ3n) is 3.12. The Labute approximate surface area is 135 Å². The van der Waals surface area contributed by atoms with Gasteiger partial charge >= 0.3 is 0 Å². The van der Waals surface area contributed by atoms with Crippen LogP contribution in [0.25, 0.3) is 0 Å². The SMILES string of the molecule is Cc1ccc(NC(=O)CCCOc2ccc(Cl)cc2C)nc1. The Morgan fingerprint density at radius 1 is 1.27 bits per heavy atom. The molecular formula is C17H19ClN2O2. The maximum absolute atomic E-state index is 11.8. The molecule has 1 aromatic carbocycles. The van der Waals surface area contributed by atoms with Gasteiger partial charge in [0.05, 0.1) is 6.61 Å². The highest BCUT2D eigenvalue weighted by atomic mass is 35.5. The second-order valence-electron chi connectivity index (χ2n) is 5.13. The van der Waals surface area contributed by atoms with E-state index in [4.69, 9.17) is 16.3 Å². The first-order valence-electron chi connectivity index (χ1n) is 7.16. The van der Waals surface area contributed by atoms with E-state index in [1.807, 2.05) is 32.0 Å². The molecule has 116 valence electrons. The predicted molar refractivity (Wildman–Crippen MR) is 88.5 cm³/mol.